The van der Waals surface area contributed by atoms with Crippen molar-refractivity contribution in [3.05, 3.63) is 63.0 Å². The third-order valence-corrected chi connectivity index (χ3v) is 4.63. The van der Waals surface area contributed by atoms with Crippen LogP contribution in [-0.4, -0.2) is 25.9 Å². The van der Waals surface area contributed by atoms with Crippen molar-refractivity contribution in [2.75, 3.05) is 0 Å². The predicted molar refractivity (Wildman–Crippen MR) is 98.1 cm³/mol. The molecule has 0 amide bonds. The number of carbonyl (C=O) groups excluding carboxylic acids is 1. The molecule has 136 valence electrons. The standard InChI is InChI=1S/C18H14N4O4S/c1-22-18(24)13-5-3-2-4-12(13)14(20-22)8-16(23)25-9-15-19-17(21-26-15)11-6-7-27-10-11/h2-7,10H,8-9H2,1H3. The summed E-state index contributed by atoms with van der Waals surface area (Å²) < 4.78 is 11.5. The number of benzene rings is 1. The van der Waals surface area contributed by atoms with Gasteiger partial charge in [0.2, 0.25) is 5.82 Å². The van der Waals surface area contributed by atoms with Crippen LogP contribution in [0, 0.1) is 0 Å². The molecule has 3 heterocycles. The van der Waals surface area contributed by atoms with Crippen LogP contribution in [-0.2, 0) is 29.6 Å². The lowest BCUT2D eigenvalue weighted by atomic mass is 10.1. The van der Waals surface area contributed by atoms with Gasteiger partial charge >= 0.3 is 5.97 Å². The van der Waals surface area contributed by atoms with Crippen LogP contribution < -0.4 is 5.56 Å². The highest BCUT2D eigenvalue weighted by Gasteiger charge is 2.15. The van der Waals surface area contributed by atoms with Gasteiger partial charge in [-0.3, -0.25) is 9.59 Å². The Kier molecular flexibility index (Phi) is 4.51. The van der Waals surface area contributed by atoms with Crippen LogP contribution in [0.25, 0.3) is 22.2 Å². The fourth-order valence-corrected chi connectivity index (χ4v) is 3.29. The number of aromatic nitrogens is 4. The van der Waals surface area contributed by atoms with Crippen LogP contribution in [0.2, 0.25) is 0 Å². The molecule has 0 spiro atoms. The molecule has 0 N–H and O–H groups in total. The highest BCUT2D eigenvalue weighted by atomic mass is 32.1. The summed E-state index contributed by atoms with van der Waals surface area (Å²) in [7, 11) is 1.55. The molecule has 0 fully saturated rings. The summed E-state index contributed by atoms with van der Waals surface area (Å²) in [4.78, 5) is 28.6. The second kappa shape index (κ2) is 7.12. The van der Waals surface area contributed by atoms with Gasteiger partial charge in [-0.1, -0.05) is 23.4 Å². The quantitative estimate of drug-likeness (QED) is 0.488. The number of aryl methyl sites for hydroxylation is 1. The van der Waals surface area contributed by atoms with Crippen LogP contribution >= 0.6 is 11.3 Å². The van der Waals surface area contributed by atoms with Crippen molar-refractivity contribution in [1.29, 1.82) is 0 Å². The van der Waals surface area contributed by atoms with Crippen molar-refractivity contribution in [2.24, 2.45) is 7.05 Å². The highest BCUT2D eigenvalue weighted by Crippen LogP contribution is 2.19. The zero-order valence-corrected chi connectivity index (χ0v) is 15.1. The Morgan fingerprint density at radius 1 is 1.26 bits per heavy atom. The summed E-state index contributed by atoms with van der Waals surface area (Å²) in [6.07, 6.45) is -0.0693. The van der Waals surface area contributed by atoms with Gasteiger partial charge in [0.25, 0.3) is 11.4 Å². The van der Waals surface area contributed by atoms with E-state index in [9.17, 15) is 9.59 Å². The van der Waals surface area contributed by atoms with Gasteiger partial charge in [0.1, 0.15) is 0 Å². The minimum atomic E-state index is -0.499. The molecule has 0 aliphatic rings. The number of nitrogens with zero attached hydrogens (tertiary/aromatic N) is 4. The van der Waals surface area contributed by atoms with Gasteiger partial charge in [-0.2, -0.15) is 21.4 Å². The van der Waals surface area contributed by atoms with E-state index in [1.807, 2.05) is 16.8 Å². The molecule has 27 heavy (non-hydrogen) atoms. The Hall–Kier alpha value is -3.33. The fourth-order valence-electron chi connectivity index (χ4n) is 2.66. The van der Waals surface area contributed by atoms with E-state index in [1.165, 1.54) is 16.0 Å². The maximum atomic E-state index is 12.2. The Labute approximate surface area is 157 Å². The van der Waals surface area contributed by atoms with Gasteiger partial charge in [0.15, 0.2) is 6.61 Å². The second-order valence-corrected chi connectivity index (χ2v) is 6.56. The minimum Gasteiger partial charge on any atom is -0.455 e. The topological polar surface area (TPSA) is 100 Å². The number of hydrogen-bond acceptors (Lipinski definition) is 8. The lowest BCUT2D eigenvalue weighted by Crippen LogP contribution is -2.22. The number of fused-ring (bicyclic) bond motifs is 1. The van der Waals surface area contributed by atoms with Gasteiger partial charge in [-0.25, -0.2) is 4.68 Å². The van der Waals surface area contributed by atoms with E-state index in [0.29, 0.717) is 22.3 Å². The number of hydrogen-bond donors (Lipinski definition) is 0. The van der Waals surface area contributed by atoms with Gasteiger partial charge < -0.3 is 9.26 Å². The van der Waals surface area contributed by atoms with Crippen molar-refractivity contribution < 1.29 is 14.1 Å². The molecule has 0 bridgehead atoms. The molecular formula is C18H14N4O4S. The molecule has 0 saturated carbocycles. The van der Waals surface area contributed by atoms with E-state index in [-0.39, 0.29) is 24.5 Å². The summed E-state index contributed by atoms with van der Waals surface area (Å²) in [5, 5.41) is 13.0. The summed E-state index contributed by atoms with van der Waals surface area (Å²) in [6.45, 7) is -0.125. The van der Waals surface area contributed by atoms with Gasteiger partial charge in [-0.05, 0) is 17.5 Å². The Balaban J connectivity index is 1.47. The van der Waals surface area contributed by atoms with E-state index in [4.69, 9.17) is 9.26 Å². The van der Waals surface area contributed by atoms with E-state index in [1.54, 1.807) is 31.3 Å². The first-order valence-electron chi connectivity index (χ1n) is 8.07. The minimum absolute atomic E-state index is 0.0693. The molecule has 0 saturated heterocycles. The number of rotatable bonds is 5. The number of esters is 1. The number of thiophene rings is 1. The first-order chi connectivity index (χ1) is 13.1. The van der Waals surface area contributed by atoms with Crippen LogP contribution in [0.5, 0.6) is 0 Å². The van der Waals surface area contributed by atoms with Gasteiger partial charge in [-0.15, -0.1) is 0 Å². The lowest BCUT2D eigenvalue weighted by molar-refractivity contribution is -0.144. The molecule has 0 aliphatic heterocycles. The zero-order valence-electron chi connectivity index (χ0n) is 14.3. The van der Waals surface area contributed by atoms with Crippen molar-refractivity contribution >= 4 is 28.1 Å². The van der Waals surface area contributed by atoms with E-state index in [0.717, 1.165) is 5.56 Å². The molecule has 0 unspecified atom stereocenters. The van der Waals surface area contributed by atoms with Crippen LogP contribution in [0.15, 0.2) is 50.4 Å². The smallest absolute Gasteiger partial charge is 0.312 e. The second-order valence-electron chi connectivity index (χ2n) is 5.78. The highest BCUT2D eigenvalue weighted by molar-refractivity contribution is 7.08. The maximum absolute atomic E-state index is 12.2. The molecule has 4 aromatic rings. The number of carbonyl (C=O) groups is 1. The molecular weight excluding hydrogens is 368 g/mol. The molecule has 0 aliphatic carbocycles. The zero-order chi connectivity index (χ0) is 18.8. The van der Waals surface area contributed by atoms with E-state index in [2.05, 4.69) is 15.2 Å². The lowest BCUT2D eigenvalue weighted by Gasteiger charge is -2.07. The van der Waals surface area contributed by atoms with Crippen molar-refractivity contribution in [3.8, 4) is 11.4 Å². The monoisotopic (exact) mass is 382 g/mol. The average Bonchev–Trinajstić information content (AvgIpc) is 3.36. The van der Waals surface area contributed by atoms with Crippen LogP contribution in [0.4, 0.5) is 0 Å². The molecule has 4 rings (SSSR count). The SMILES string of the molecule is Cn1nc(CC(=O)OCc2nc(-c3ccsc3)no2)c2ccccc2c1=O. The largest absolute Gasteiger partial charge is 0.455 e. The first kappa shape index (κ1) is 17.1. The third kappa shape index (κ3) is 3.49. The molecule has 0 radical (unpaired) electrons. The number of ether oxygens (including phenoxy) is 1. The van der Waals surface area contributed by atoms with E-state index < -0.39 is 5.97 Å². The van der Waals surface area contributed by atoms with Crippen molar-refractivity contribution in [3.63, 3.8) is 0 Å². The molecule has 3 aromatic heterocycles. The average molecular weight is 382 g/mol. The summed E-state index contributed by atoms with van der Waals surface area (Å²) in [5.74, 6) is 0.164. The summed E-state index contributed by atoms with van der Waals surface area (Å²) in [5.41, 5.74) is 1.11. The Morgan fingerprint density at radius 3 is 2.85 bits per heavy atom. The molecule has 1 aromatic carbocycles. The van der Waals surface area contributed by atoms with Crippen molar-refractivity contribution in [2.45, 2.75) is 13.0 Å². The van der Waals surface area contributed by atoms with Crippen LogP contribution in [0.1, 0.15) is 11.6 Å². The normalized spacial score (nSPS) is 11.0. The fraction of sp³-hybridized carbons (Fsp3) is 0.167. The van der Waals surface area contributed by atoms with Gasteiger partial charge in [0, 0.05) is 23.4 Å². The maximum Gasteiger partial charge on any atom is 0.312 e. The van der Waals surface area contributed by atoms with Crippen molar-refractivity contribution in [1.82, 2.24) is 19.9 Å². The predicted octanol–water partition coefficient (Wildman–Crippen LogP) is 2.33. The molecule has 8 nitrogen and oxygen atoms in total. The summed E-state index contributed by atoms with van der Waals surface area (Å²) >= 11 is 1.53. The van der Waals surface area contributed by atoms with E-state index >= 15 is 0 Å². The third-order valence-electron chi connectivity index (χ3n) is 3.95. The van der Waals surface area contributed by atoms with Gasteiger partial charge in [0.05, 0.1) is 17.5 Å². The Morgan fingerprint density at radius 2 is 2.07 bits per heavy atom. The Bertz CT molecular complexity index is 1160. The summed E-state index contributed by atoms with van der Waals surface area (Å²) in [6, 6.07) is 8.91. The van der Waals surface area contributed by atoms with Crippen LogP contribution in [0.3, 0.4) is 0 Å². The molecule has 9 heteroatoms. The molecule has 0 atom stereocenters. The first-order valence-corrected chi connectivity index (χ1v) is 9.02.